The first kappa shape index (κ1) is 19.3. The first-order valence-corrected chi connectivity index (χ1v) is 11.1. The largest absolute Gasteiger partial charge is 0.349 e. The maximum absolute atomic E-state index is 12.8. The maximum Gasteiger partial charge on any atom is 0.251 e. The molecule has 1 fully saturated rings. The summed E-state index contributed by atoms with van der Waals surface area (Å²) in [5.41, 5.74) is 2.29. The summed E-state index contributed by atoms with van der Waals surface area (Å²) in [6, 6.07) is 13.4. The molecule has 4 nitrogen and oxygen atoms in total. The van der Waals surface area contributed by atoms with Crippen LogP contribution in [0.15, 0.2) is 47.4 Å². The molecule has 1 N–H and O–H groups in total. The van der Waals surface area contributed by atoms with Crippen molar-refractivity contribution in [2.45, 2.75) is 49.6 Å². The fraction of sp³-hybridized carbons (Fsp3) is 0.364. The van der Waals surface area contributed by atoms with E-state index in [4.69, 9.17) is 11.6 Å². The minimum absolute atomic E-state index is 0.0299. The van der Waals surface area contributed by atoms with Crippen LogP contribution in [0.25, 0.3) is 0 Å². The van der Waals surface area contributed by atoms with Crippen molar-refractivity contribution in [2.75, 3.05) is 10.7 Å². The molecule has 0 saturated heterocycles. The molecule has 0 spiro atoms. The highest BCUT2D eigenvalue weighted by Gasteiger charge is 2.27. The van der Waals surface area contributed by atoms with Crippen molar-refractivity contribution in [3.05, 3.63) is 58.6 Å². The molecule has 28 heavy (non-hydrogen) atoms. The predicted molar refractivity (Wildman–Crippen MR) is 114 cm³/mol. The summed E-state index contributed by atoms with van der Waals surface area (Å²) in [5.74, 6) is 0.364. The maximum atomic E-state index is 12.8. The number of carbonyl (C=O) groups excluding carboxylic acids is 2. The van der Waals surface area contributed by atoms with Gasteiger partial charge in [0.05, 0.1) is 18.0 Å². The van der Waals surface area contributed by atoms with Gasteiger partial charge in [-0.25, -0.2) is 0 Å². The molecule has 0 aromatic heterocycles. The molecule has 1 saturated carbocycles. The van der Waals surface area contributed by atoms with E-state index >= 15 is 0 Å². The predicted octanol–water partition coefficient (Wildman–Crippen LogP) is 5.04. The van der Waals surface area contributed by atoms with Gasteiger partial charge in [0.1, 0.15) is 0 Å². The second-order valence-electron chi connectivity index (χ2n) is 7.35. The zero-order valence-corrected chi connectivity index (χ0v) is 17.2. The Labute approximate surface area is 174 Å². The number of benzene rings is 2. The van der Waals surface area contributed by atoms with Crippen LogP contribution < -0.4 is 10.2 Å². The molecule has 1 heterocycles. The van der Waals surface area contributed by atoms with E-state index in [0.29, 0.717) is 22.9 Å². The lowest BCUT2D eigenvalue weighted by molar-refractivity contribution is -0.116. The molecular weight excluding hydrogens is 392 g/mol. The number of nitrogens with one attached hydrogen (secondary N) is 1. The second kappa shape index (κ2) is 8.58. The Kier molecular flexibility index (Phi) is 5.93. The third-order valence-corrected chi connectivity index (χ3v) is 6.81. The standard InChI is InChI=1S/C22H23ClN2O2S/c23-18-9-5-4-6-16(18)13-25-19-12-15(10-11-20(19)28-14-21(25)26)22(27)24-17-7-2-1-3-8-17/h4-6,9-12,17H,1-3,7-8,13-14H2,(H,24,27). The van der Waals surface area contributed by atoms with Gasteiger partial charge in [0, 0.05) is 21.5 Å². The van der Waals surface area contributed by atoms with Crippen molar-refractivity contribution < 1.29 is 9.59 Å². The van der Waals surface area contributed by atoms with Crippen LogP contribution >= 0.6 is 23.4 Å². The second-order valence-corrected chi connectivity index (χ2v) is 8.78. The van der Waals surface area contributed by atoms with Gasteiger partial charge in [0.25, 0.3) is 5.91 Å². The van der Waals surface area contributed by atoms with Gasteiger partial charge in [-0.05, 0) is 42.7 Å². The number of nitrogens with zero attached hydrogens (tertiary/aromatic N) is 1. The molecule has 4 rings (SSSR count). The molecule has 2 amide bonds. The van der Waals surface area contributed by atoms with Gasteiger partial charge in [-0.2, -0.15) is 0 Å². The van der Waals surface area contributed by atoms with Crippen molar-refractivity contribution in [1.82, 2.24) is 5.32 Å². The molecule has 2 aromatic rings. The van der Waals surface area contributed by atoms with Gasteiger partial charge in [-0.1, -0.05) is 49.1 Å². The summed E-state index contributed by atoms with van der Waals surface area (Å²) in [7, 11) is 0. The summed E-state index contributed by atoms with van der Waals surface area (Å²) in [5, 5.41) is 3.80. The van der Waals surface area contributed by atoms with E-state index in [9.17, 15) is 9.59 Å². The highest BCUT2D eigenvalue weighted by Crippen LogP contribution is 2.37. The molecular formula is C22H23ClN2O2S. The Hall–Kier alpha value is -1.98. The van der Waals surface area contributed by atoms with E-state index in [0.717, 1.165) is 29.0 Å². The minimum Gasteiger partial charge on any atom is -0.349 e. The Morgan fingerprint density at radius 2 is 1.93 bits per heavy atom. The number of hydrogen-bond acceptors (Lipinski definition) is 3. The van der Waals surface area contributed by atoms with Gasteiger partial charge in [-0.15, -0.1) is 11.8 Å². The van der Waals surface area contributed by atoms with Crippen LogP contribution in [-0.4, -0.2) is 23.6 Å². The van der Waals surface area contributed by atoms with Gasteiger partial charge >= 0.3 is 0 Å². The fourth-order valence-corrected chi connectivity index (χ4v) is 4.94. The molecule has 1 aliphatic carbocycles. The first-order valence-electron chi connectivity index (χ1n) is 9.73. The molecule has 0 unspecified atom stereocenters. The smallest absolute Gasteiger partial charge is 0.251 e. The molecule has 0 atom stereocenters. The van der Waals surface area contributed by atoms with Crippen LogP contribution in [0.1, 0.15) is 48.0 Å². The van der Waals surface area contributed by atoms with Crippen LogP contribution in [-0.2, 0) is 11.3 Å². The molecule has 146 valence electrons. The van der Waals surface area contributed by atoms with E-state index in [2.05, 4.69) is 5.32 Å². The normalized spacial score (nSPS) is 17.3. The SMILES string of the molecule is O=C(NC1CCCCC1)c1ccc2c(c1)N(Cc1ccccc1Cl)C(=O)CS2. The number of thioether (sulfide) groups is 1. The highest BCUT2D eigenvalue weighted by atomic mass is 35.5. The van der Waals surface area contributed by atoms with Gasteiger partial charge < -0.3 is 10.2 Å². The molecule has 2 aromatic carbocycles. The number of anilines is 1. The number of fused-ring (bicyclic) bond motifs is 1. The summed E-state index contributed by atoms with van der Waals surface area (Å²) >= 11 is 7.82. The van der Waals surface area contributed by atoms with Crippen LogP contribution in [0.2, 0.25) is 5.02 Å². The van der Waals surface area contributed by atoms with Gasteiger partial charge in [0.2, 0.25) is 5.91 Å². The topological polar surface area (TPSA) is 49.4 Å². The zero-order valence-electron chi connectivity index (χ0n) is 15.6. The lowest BCUT2D eigenvalue weighted by atomic mass is 9.95. The molecule has 2 aliphatic rings. The van der Waals surface area contributed by atoms with Crippen molar-refractivity contribution in [3.8, 4) is 0 Å². The van der Waals surface area contributed by atoms with Crippen molar-refractivity contribution in [3.63, 3.8) is 0 Å². The minimum atomic E-state index is -0.0598. The van der Waals surface area contributed by atoms with Crippen LogP contribution in [0.5, 0.6) is 0 Å². The third kappa shape index (κ3) is 4.20. The monoisotopic (exact) mass is 414 g/mol. The van der Waals surface area contributed by atoms with Crippen molar-refractivity contribution in [2.24, 2.45) is 0 Å². The third-order valence-electron chi connectivity index (χ3n) is 5.39. The Morgan fingerprint density at radius 1 is 1.14 bits per heavy atom. The van der Waals surface area contributed by atoms with Crippen LogP contribution in [0, 0.1) is 0 Å². The molecule has 6 heteroatoms. The van der Waals surface area contributed by atoms with E-state index in [1.165, 1.54) is 31.0 Å². The number of rotatable bonds is 4. The van der Waals surface area contributed by atoms with Crippen LogP contribution in [0.4, 0.5) is 5.69 Å². The van der Waals surface area contributed by atoms with Crippen LogP contribution in [0.3, 0.4) is 0 Å². The molecule has 0 bridgehead atoms. The summed E-state index contributed by atoms with van der Waals surface area (Å²) in [6.07, 6.45) is 5.69. The van der Waals surface area contributed by atoms with Gasteiger partial charge in [-0.3, -0.25) is 9.59 Å². The van der Waals surface area contributed by atoms with E-state index in [-0.39, 0.29) is 17.9 Å². The molecule has 0 radical (unpaired) electrons. The Balaban J connectivity index is 1.58. The Morgan fingerprint density at radius 3 is 2.71 bits per heavy atom. The van der Waals surface area contributed by atoms with E-state index in [1.54, 1.807) is 4.90 Å². The summed E-state index contributed by atoms with van der Waals surface area (Å²) in [4.78, 5) is 28.1. The van der Waals surface area contributed by atoms with E-state index in [1.807, 2.05) is 42.5 Å². The number of halogens is 1. The number of carbonyl (C=O) groups is 2. The lowest BCUT2D eigenvalue weighted by Gasteiger charge is -2.30. The summed E-state index contributed by atoms with van der Waals surface area (Å²) in [6.45, 7) is 0.403. The average Bonchev–Trinajstić information content (AvgIpc) is 2.72. The first-order chi connectivity index (χ1) is 13.6. The number of hydrogen-bond donors (Lipinski definition) is 1. The van der Waals surface area contributed by atoms with Crippen molar-refractivity contribution >= 4 is 40.9 Å². The fourth-order valence-electron chi connectivity index (χ4n) is 3.83. The quantitative estimate of drug-likeness (QED) is 0.762. The van der Waals surface area contributed by atoms with E-state index < -0.39 is 0 Å². The summed E-state index contributed by atoms with van der Waals surface area (Å²) < 4.78 is 0. The Bertz CT molecular complexity index is 896. The molecule has 1 aliphatic heterocycles. The number of amides is 2. The van der Waals surface area contributed by atoms with Crippen molar-refractivity contribution in [1.29, 1.82) is 0 Å². The average molecular weight is 415 g/mol. The lowest BCUT2D eigenvalue weighted by Crippen LogP contribution is -2.37. The highest BCUT2D eigenvalue weighted by molar-refractivity contribution is 8.00. The van der Waals surface area contributed by atoms with Gasteiger partial charge in [0.15, 0.2) is 0 Å². The zero-order chi connectivity index (χ0) is 19.5.